The van der Waals surface area contributed by atoms with Crippen LogP contribution in [0, 0.1) is 23.7 Å². The summed E-state index contributed by atoms with van der Waals surface area (Å²) in [7, 11) is 0. The normalized spacial score (nSPS) is 23.1. The summed E-state index contributed by atoms with van der Waals surface area (Å²) in [6, 6.07) is -1.97. The maximum absolute atomic E-state index is 12.7. The Morgan fingerprint density at radius 1 is 1.11 bits per heavy atom. The SMILES string of the molecule is CC(C)C[C@@H]1CNC[C@H]1C(=O)N[C@H](C(=O)N[C@@H](CN)C(=O)C(C)C)[C@H](C)O. The molecular formula is C19H36N4O4. The molecule has 5 atom stereocenters. The molecule has 0 spiro atoms. The van der Waals surface area contributed by atoms with E-state index in [4.69, 9.17) is 5.73 Å². The average Bonchev–Trinajstić information content (AvgIpc) is 3.03. The third-order valence-corrected chi connectivity index (χ3v) is 4.98. The Morgan fingerprint density at radius 2 is 1.74 bits per heavy atom. The number of Topliss-reactive ketones (excluding diaryl/α,β-unsaturated/α-hetero) is 1. The van der Waals surface area contributed by atoms with Crippen LogP contribution in [0.1, 0.15) is 41.0 Å². The maximum Gasteiger partial charge on any atom is 0.245 e. The number of carbonyl (C=O) groups is 3. The van der Waals surface area contributed by atoms with Gasteiger partial charge in [-0.15, -0.1) is 0 Å². The number of hydrogen-bond acceptors (Lipinski definition) is 6. The van der Waals surface area contributed by atoms with E-state index in [2.05, 4.69) is 29.8 Å². The van der Waals surface area contributed by atoms with Gasteiger partial charge in [-0.2, -0.15) is 0 Å². The van der Waals surface area contributed by atoms with Crippen LogP contribution in [0.25, 0.3) is 0 Å². The quantitative estimate of drug-likeness (QED) is 0.342. The summed E-state index contributed by atoms with van der Waals surface area (Å²) in [6.07, 6.45) is -0.186. The molecule has 1 fully saturated rings. The molecule has 0 aliphatic carbocycles. The molecule has 0 aromatic rings. The third-order valence-electron chi connectivity index (χ3n) is 4.98. The molecule has 156 valence electrons. The summed E-state index contributed by atoms with van der Waals surface area (Å²) < 4.78 is 0. The number of aliphatic hydroxyl groups excluding tert-OH is 1. The highest BCUT2D eigenvalue weighted by Crippen LogP contribution is 2.24. The molecule has 1 aliphatic rings. The number of ketones is 1. The smallest absolute Gasteiger partial charge is 0.245 e. The second kappa shape index (κ2) is 10.7. The first-order valence-corrected chi connectivity index (χ1v) is 9.81. The van der Waals surface area contributed by atoms with E-state index in [-0.39, 0.29) is 36.0 Å². The van der Waals surface area contributed by atoms with Crippen LogP contribution in [0.5, 0.6) is 0 Å². The second-order valence-corrected chi connectivity index (χ2v) is 8.24. The summed E-state index contributed by atoms with van der Waals surface area (Å²) >= 11 is 0. The summed E-state index contributed by atoms with van der Waals surface area (Å²) in [6.45, 7) is 10.4. The fraction of sp³-hybridized carbons (Fsp3) is 0.842. The molecular weight excluding hydrogens is 348 g/mol. The first-order valence-electron chi connectivity index (χ1n) is 9.81. The Kier molecular flexibility index (Phi) is 9.35. The summed E-state index contributed by atoms with van der Waals surface area (Å²) in [5.74, 6) is -0.904. The molecule has 0 aromatic heterocycles. The molecule has 27 heavy (non-hydrogen) atoms. The van der Waals surface area contributed by atoms with Gasteiger partial charge in [0, 0.05) is 19.0 Å². The number of nitrogens with one attached hydrogen (secondary N) is 3. The zero-order valence-electron chi connectivity index (χ0n) is 17.1. The first kappa shape index (κ1) is 23.5. The molecule has 8 nitrogen and oxygen atoms in total. The van der Waals surface area contributed by atoms with Crippen molar-refractivity contribution in [2.24, 2.45) is 29.4 Å². The fourth-order valence-electron chi connectivity index (χ4n) is 3.47. The monoisotopic (exact) mass is 384 g/mol. The average molecular weight is 385 g/mol. The summed E-state index contributed by atoms with van der Waals surface area (Å²) in [5, 5.41) is 18.5. The summed E-state index contributed by atoms with van der Waals surface area (Å²) in [5.41, 5.74) is 5.61. The van der Waals surface area contributed by atoms with Gasteiger partial charge in [-0.25, -0.2) is 0 Å². The van der Waals surface area contributed by atoms with Crippen molar-refractivity contribution in [3.8, 4) is 0 Å². The van der Waals surface area contributed by atoms with Gasteiger partial charge in [0.1, 0.15) is 6.04 Å². The summed E-state index contributed by atoms with van der Waals surface area (Å²) in [4.78, 5) is 37.4. The lowest BCUT2D eigenvalue weighted by Gasteiger charge is -2.27. The topological polar surface area (TPSA) is 134 Å². The zero-order chi connectivity index (χ0) is 20.7. The highest BCUT2D eigenvalue weighted by atomic mass is 16.3. The first-order chi connectivity index (χ1) is 12.6. The van der Waals surface area contributed by atoms with Crippen LogP contribution in [0.4, 0.5) is 0 Å². The van der Waals surface area contributed by atoms with Crippen LogP contribution >= 0.6 is 0 Å². The van der Waals surface area contributed by atoms with Gasteiger partial charge in [-0.05, 0) is 31.7 Å². The molecule has 0 unspecified atom stereocenters. The van der Waals surface area contributed by atoms with Crippen molar-refractivity contribution in [3.63, 3.8) is 0 Å². The van der Waals surface area contributed by atoms with E-state index in [9.17, 15) is 19.5 Å². The molecule has 1 heterocycles. The lowest BCUT2D eigenvalue weighted by Crippen LogP contribution is -2.58. The zero-order valence-corrected chi connectivity index (χ0v) is 17.1. The molecule has 1 rings (SSSR count). The van der Waals surface area contributed by atoms with E-state index in [1.807, 2.05) is 0 Å². The van der Waals surface area contributed by atoms with Crippen molar-refractivity contribution >= 4 is 17.6 Å². The van der Waals surface area contributed by atoms with E-state index in [1.165, 1.54) is 6.92 Å². The highest BCUT2D eigenvalue weighted by molar-refractivity contribution is 5.94. The minimum atomic E-state index is -1.13. The van der Waals surface area contributed by atoms with Gasteiger partial charge < -0.3 is 26.8 Å². The highest BCUT2D eigenvalue weighted by Gasteiger charge is 2.36. The lowest BCUT2D eigenvalue weighted by atomic mass is 9.87. The van der Waals surface area contributed by atoms with Crippen molar-refractivity contribution < 1.29 is 19.5 Å². The Hall–Kier alpha value is -1.51. The molecule has 1 aliphatic heterocycles. The van der Waals surface area contributed by atoms with Crippen molar-refractivity contribution in [2.45, 2.75) is 59.2 Å². The number of aliphatic hydroxyl groups is 1. The Balaban J connectivity index is 2.78. The van der Waals surface area contributed by atoms with Crippen molar-refractivity contribution in [1.82, 2.24) is 16.0 Å². The molecule has 1 saturated heterocycles. The lowest BCUT2D eigenvalue weighted by molar-refractivity contribution is -0.135. The second-order valence-electron chi connectivity index (χ2n) is 8.24. The fourth-order valence-corrected chi connectivity index (χ4v) is 3.47. The van der Waals surface area contributed by atoms with Crippen LogP contribution in [0.2, 0.25) is 0 Å². The van der Waals surface area contributed by atoms with Gasteiger partial charge in [0.25, 0.3) is 0 Å². The Morgan fingerprint density at radius 3 is 2.22 bits per heavy atom. The van der Waals surface area contributed by atoms with Gasteiger partial charge in [0.2, 0.25) is 11.8 Å². The number of carbonyl (C=O) groups excluding carboxylic acids is 3. The molecule has 6 N–H and O–H groups in total. The molecule has 2 amide bonds. The number of hydrogen-bond donors (Lipinski definition) is 5. The van der Waals surface area contributed by atoms with Crippen molar-refractivity contribution in [2.75, 3.05) is 19.6 Å². The van der Waals surface area contributed by atoms with E-state index < -0.39 is 24.1 Å². The van der Waals surface area contributed by atoms with Crippen LogP contribution in [0.3, 0.4) is 0 Å². The molecule has 0 bridgehead atoms. The van der Waals surface area contributed by atoms with E-state index >= 15 is 0 Å². The number of nitrogens with two attached hydrogens (primary N) is 1. The third kappa shape index (κ3) is 6.86. The van der Waals surface area contributed by atoms with Gasteiger partial charge in [-0.1, -0.05) is 27.7 Å². The minimum Gasteiger partial charge on any atom is -0.391 e. The number of rotatable bonds is 10. The number of amides is 2. The Bertz CT molecular complexity index is 522. The maximum atomic E-state index is 12.7. The molecule has 0 saturated carbocycles. The van der Waals surface area contributed by atoms with E-state index in [0.717, 1.165) is 13.0 Å². The van der Waals surface area contributed by atoms with E-state index in [1.54, 1.807) is 13.8 Å². The van der Waals surface area contributed by atoms with Gasteiger partial charge in [0.05, 0.1) is 18.1 Å². The minimum absolute atomic E-state index is 0.0355. The van der Waals surface area contributed by atoms with Crippen molar-refractivity contribution in [1.29, 1.82) is 0 Å². The standard InChI is InChI=1S/C19H36N4O4/c1-10(2)6-13-8-21-9-14(13)18(26)23-16(12(5)24)19(27)22-15(7-20)17(25)11(3)4/h10-16,21,24H,6-9,20H2,1-5H3,(H,22,27)(H,23,26)/t12-,13+,14+,15-,16-/m0/s1. The molecule has 0 radical (unpaired) electrons. The van der Waals surface area contributed by atoms with Gasteiger partial charge >= 0.3 is 0 Å². The van der Waals surface area contributed by atoms with E-state index in [0.29, 0.717) is 12.5 Å². The van der Waals surface area contributed by atoms with Crippen LogP contribution in [-0.4, -0.2) is 60.5 Å². The molecule has 0 aromatic carbocycles. The largest absolute Gasteiger partial charge is 0.391 e. The van der Waals surface area contributed by atoms with Crippen molar-refractivity contribution in [3.05, 3.63) is 0 Å². The van der Waals surface area contributed by atoms with Crippen LogP contribution in [0.15, 0.2) is 0 Å². The Labute approximate surface area is 162 Å². The van der Waals surface area contributed by atoms with Crippen LogP contribution < -0.4 is 21.7 Å². The van der Waals surface area contributed by atoms with Gasteiger partial charge in [-0.3, -0.25) is 14.4 Å². The predicted molar refractivity (Wildman–Crippen MR) is 104 cm³/mol. The predicted octanol–water partition coefficient (Wildman–Crippen LogP) is -0.598. The molecule has 8 heteroatoms. The van der Waals surface area contributed by atoms with Crippen LogP contribution in [-0.2, 0) is 14.4 Å². The van der Waals surface area contributed by atoms with Gasteiger partial charge in [0.15, 0.2) is 5.78 Å².